The van der Waals surface area contributed by atoms with E-state index in [0.29, 0.717) is 11.1 Å². The summed E-state index contributed by atoms with van der Waals surface area (Å²) in [5.41, 5.74) is 2.28. The minimum Gasteiger partial charge on any atom is -0.805 e. The molecule has 0 radical (unpaired) electrons. The molecule has 2 rings (SSSR count). The van der Waals surface area contributed by atoms with Gasteiger partial charge in [0.1, 0.15) is 0 Å². The Morgan fingerprint density at radius 3 is 1.96 bits per heavy atom. The molecule has 0 amide bonds. The summed E-state index contributed by atoms with van der Waals surface area (Å²) in [4.78, 5) is 34.1. The summed E-state index contributed by atoms with van der Waals surface area (Å²) in [5.74, 6) is 0. The van der Waals surface area contributed by atoms with Crippen LogP contribution in [0.1, 0.15) is 27.0 Å². The van der Waals surface area contributed by atoms with E-state index in [1.54, 1.807) is 19.9 Å². The van der Waals surface area contributed by atoms with Crippen LogP contribution < -0.4 is 68.9 Å². The van der Waals surface area contributed by atoms with Crippen molar-refractivity contribution in [1.29, 1.82) is 0 Å². The Balaban J connectivity index is 0.00000242. The Kier molecular flexibility index (Phi) is 9.20. The van der Waals surface area contributed by atoms with Crippen molar-refractivity contribution in [2.24, 2.45) is 0 Å². The third-order valence-electron chi connectivity index (χ3n) is 3.50. The number of benzene rings is 2. The van der Waals surface area contributed by atoms with Crippen LogP contribution in [0.15, 0.2) is 36.4 Å². The summed E-state index contributed by atoms with van der Waals surface area (Å²) in [5, 5.41) is 0. The molecule has 0 N–H and O–H groups in total. The van der Waals surface area contributed by atoms with Crippen molar-refractivity contribution in [3.05, 3.63) is 58.7 Å². The van der Waals surface area contributed by atoms with Crippen LogP contribution in [-0.2, 0) is 4.57 Å². The monoisotopic (exact) mass is 348 g/mol. The number of carbonyl (C=O) groups excluding carboxylic acids is 1. The van der Waals surface area contributed by atoms with Crippen LogP contribution in [0.3, 0.4) is 0 Å². The largest absolute Gasteiger partial charge is 1.00 e. The molecule has 4 nitrogen and oxygen atoms in total. The average molecular weight is 348 g/mol. The molecule has 0 aromatic heterocycles. The third-order valence-corrected chi connectivity index (χ3v) is 4.22. The van der Waals surface area contributed by atoms with Gasteiger partial charge in [0.15, 0.2) is 5.52 Å². The molecular weight excluding hydrogens is 333 g/mol. The molecule has 0 unspecified atom stereocenters. The van der Waals surface area contributed by atoms with Gasteiger partial charge in [0.05, 0.1) is 0 Å². The maximum Gasteiger partial charge on any atom is 1.00 e. The summed E-state index contributed by atoms with van der Waals surface area (Å²) in [7, 11) is -5.30. The van der Waals surface area contributed by atoms with Crippen LogP contribution in [-0.4, -0.2) is 5.52 Å². The van der Waals surface area contributed by atoms with Gasteiger partial charge < -0.3 is 14.4 Å². The predicted molar refractivity (Wildman–Crippen MR) is 78.0 cm³/mol. The smallest absolute Gasteiger partial charge is 0.805 e. The van der Waals surface area contributed by atoms with Crippen molar-refractivity contribution in [2.45, 2.75) is 20.8 Å². The Bertz CT molecular complexity index is 754. The molecule has 2 aromatic rings. The fourth-order valence-electron chi connectivity index (χ4n) is 2.70. The predicted octanol–water partition coefficient (Wildman–Crippen LogP) is -3.66. The fourth-order valence-corrected chi connectivity index (χ4v) is 3.32. The molecule has 0 spiro atoms. The van der Waals surface area contributed by atoms with Gasteiger partial charge in [-0.15, -0.1) is 0 Å². The van der Waals surface area contributed by atoms with Crippen LogP contribution in [0.5, 0.6) is 0 Å². The van der Waals surface area contributed by atoms with Gasteiger partial charge in [-0.2, -0.15) is 0 Å². The standard InChI is InChI=1S/C16H17O4P.2Na/c1-10-9-11(2)15(16(17)21(18,19)20)12(3)14(10)13-7-5-4-6-8-13;;/h4-9H,1-3H3,(H2,18,19,20);;/q;2*+1/p-2. The zero-order chi connectivity index (χ0) is 15.8. The number of carbonyl (C=O) groups is 1. The summed E-state index contributed by atoms with van der Waals surface area (Å²) in [6, 6.07) is 11.1. The second-order valence-electron chi connectivity index (χ2n) is 5.05. The molecule has 7 heteroatoms. The quantitative estimate of drug-likeness (QED) is 0.423. The molecule has 23 heavy (non-hydrogen) atoms. The van der Waals surface area contributed by atoms with Crippen molar-refractivity contribution < 1.29 is 78.3 Å². The van der Waals surface area contributed by atoms with Crippen LogP contribution in [0.25, 0.3) is 11.1 Å². The van der Waals surface area contributed by atoms with Gasteiger partial charge in [-0.1, -0.05) is 36.4 Å². The van der Waals surface area contributed by atoms with E-state index in [0.717, 1.165) is 16.7 Å². The number of aryl methyl sites for hydroxylation is 2. The van der Waals surface area contributed by atoms with Crippen molar-refractivity contribution in [1.82, 2.24) is 0 Å². The topological polar surface area (TPSA) is 80.3 Å². The first-order valence-corrected chi connectivity index (χ1v) is 8.01. The number of hydrogen-bond acceptors (Lipinski definition) is 4. The Morgan fingerprint density at radius 1 is 0.957 bits per heavy atom. The summed E-state index contributed by atoms with van der Waals surface area (Å²) >= 11 is 0. The van der Waals surface area contributed by atoms with Gasteiger partial charge in [-0.3, -0.25) is 4.79 Å². The van der Waals surface area contributed by atoms with Gasteiger partial charge in [0.2, 0.25) is 0 Å². The molecular formula is C16H15Na2O4P. The Hall–Kier alpha value is 0.260. The first-order chi connectivity index (χ1) is 9.73. The van der Waals surface area contributed by atoms with E-state index in [2.05, 4.69) is 0 Å². The molecule has 110 valence electrons. The molecule has 0 bridgehead atoms. The van der Waals surface area contributed by atoms with Gasteiger partial charge in [-0.05, 0) is 48.6 Å². The van der Waals surface area contributed by atoms with Crippen molar-refractivity contribution in [3.63, 3.8) is 0 Å². The fraction of sp³-hybridized carbons (Fsp3) is 0.188. The maximum absolute atomic E-state index is 11.9. The number of rotatable bonds is 3. The molecule has 0 saturated carbocycles. The van der Waals surface area contributed by atoms with Gasteiger partial charge >= 0.3 is 59.1 Å². The second kappa shape index (κ2) is 9.10. The van der Waals surface area contributed by atoms with E-state index in [9.17, 15) is 19.1 Å². The minimum absolute atomic E-state index is 0. The first-order valence-electron chi connectivity index (χ1n) is 6.46. The van der Waals surface area contributed by atoms with Crippen molar-refractivity contribution >= 4 is 13.1 Å². The van der Waals surface area contributed by atoms with E-state index in [1.807, 2.05) is 37.3 Å². The van der Waals surface area contributed by atoms with Crippen molar-refractivity contribution in [3.8, 4) is 11.1 Å². The van der Waals surface area contributed by atoms with Crippen LogP contribution in [0, 0.1) is 20.8 Å². The first kappa shape index (κ1) is 23.3. The Morgan fingerprint density at radius 2 is 1.48 bits per heavy atom. The van der Waals surface area contributed by atoms with Crippen molar-refractivity contribution in [2.75, 3.05) is 0 Å². The molecule has 0 aliphatic rings. The SMILES string of the molecule is Cc1cc(C)c(-c2ccccc2)c(C)c1C(=O)P(=O)([O-])[O-].[Na+].[Na+]. The summed E-state index contributed by atoms with van der Waals surface area (Å²) < 4.78 is 11.1. The van der Waals surface area contributed by atoms with Gasteiger partial charge in [0, 0.05) is 13.2 Å². The summed E-state index contributed by atoms with van der Waals surface area (Å²) in [6.07, 6.45) is 0. The number of hydrogen-bond donors (Lipinski definition) is 0. The van der Waals surface area contributed by atoms with E-state index < -0.39 is 13.1 Å². The normalized spacial score (nSPS) is 10.5. The molecule has 0 aliphatic carbocycles. The van der Waals surface area contributed by atoms with Crippen LogP contribution in [0.2, 0.25) is 0 Å². The second-order valence-corrected chi connectivity index (χ2v) is 6.46. The zero-order valence-corrected chi connectivity index (χ0v) is 18.9. The molecule has 2 aromatic carbocycles. The molecule has 0 fully saturated rings. The molecule has 0 saturated heterocycles. The minimum atomic E-state index is -5.30. The molecule has 0 heterocycles. The zero-order valence-electron chi connectivity index (χ0n) is 14.0. The molecule has 0 atom stereocenters. The van der Waals surface area contributed by atoms with E-state index in [-0.39, 0.29) is 64.7 Å². The van der Waals surface area contributed by atoms with Crippen LogP contribution in [0.4, 0.5) is 0 Å². The maximum atomic E-state index is 11.9. The van der Waals surface area contributed by atoms with Crippen LogP contribution >= 0.6 is 7.60 Å². The van der Waals surface area contributed by atoms with E-state index >= 15 is 0 Å². The average Bonchev–Trinajstić information content (AvgIpc) is 2.38. The molecule has 0 aliphatic heterocycles. The van der Waals surface area contributed by atoms with E-state index in [1.165, 1.54) is 0 Å². The summed E-state index contributed by atoms with van der Waals surface area (Å²) in [6.45, 7) is 5.20. The van der Waals surface area contributed by atoms with Gasteiger partial charge in [-0.25, -0.2) is 0 Å². The third kappa shape index (κ3) is 5.12. The van der Waals surface area contributed by atoms with E-state index in [4.69, 9.17) is 0 Å². The van der Waals surface area contributed by atoms with Gasteiger partial charge in [0.25, 0.3) is 0 Å². The Labute approximate surface area is 180 Å².